The maximum atomic E-state index is 5.34. The molecule has 1 atom stereocenters. The van der Waals surface area contributed by atoms with Crippen LogP contribution in [0.1, 0.15) is 12.3 Å². The number of ether oxygens (including phenoxy) is 1. The van der Waals surface area contributed by atoms with Gasteiger partial charge in [0.2, 0.25) is 11.7 Å². The second-order valence-electron chi connectivity index (χ2n) is 4.92. The molecule has 2 aromatic rings. The summed E-state index contributed by atoms with van der Waals surface area (Å²) >= 11 is 3.46. The summed E-state index contributed by atoms with van der Waals surface area (Å²) in [5.74, 6) is 2.72. The van der Waals surface area contributed by atoms with Gasteiger partial charge >= 0.3 is 0 Å². The highest BCUT2D eigenvalue weighted by atomic mass is 79.9. The smallest absolute Gasteiger partial charge is 0.227 e. The Hall–Kier alpha value is -1.40. The molecule has 6 heteroatoms. The molecule has 1 aromatic heterocycles. The van der Waals surface area contributed by atoms with Crippen LogP contribution < -0.4 is 10.1 Å². The summed E-state index contributed by atoms with van der Waals surface area (Å²) in [6.07, 6.45) is 2.02. The molecule has 0 bridgehead atoms. The van der Waals surface area contributed by atoms with Gasteiger partial charge in [0.15, 0.2) is 0 Å². The first-order valence-electron chi connectivity index (χ1n) is 6.63. The minimum atomic E-state index is 0.603. The van der Waals surface area contributed by atoms with Crippen molar-refractivity contribution in [3.8, 4) is 17.1 Å². The molecule has 1 saturated heterocycles. The van der Waals surface area contributed by atoms with Gasteiger partial charge in [0, 0.05) is 12.0 Å². The number of benzene rings is 1. The molecule has 0 saturated carbocycles. The lowest BCUT2D eigenvalue weighted by atomic mass is 10.1. The van der Waals surface area contributed by atoms with E-state index >= 15 is 0 Å². The lowest BCUT2D eigenvalue weighted by Crippen LogP contribution is -2.10. The number of aromatic nitrogens is 2. The Balaban J connectivity index is 1.77. The van der Waals surface area contributed by atoms with E-state index < -0.39 is 0 Å². The molecule has 0 amide bonds. The summed E-state index contributed by atoms with van der Waals surface area (Å²) in [6.45, 7) is 2.11. The second kappa shape index (κ2) is 5.93. The molecule has 1 fully saturated rings. The maximum Gasteiger partial charge on any atom is 0.227 e. The summed E-state index contributed by atoms with van der Waals surface area (Å²) in [6, 6.07) is 5.75. The maximum absolute atomic E-state index is 5.34. The first kappa shape index (κ1) is 13.6. The average molecular weight is 338 g/mol. The quantitative estimate of drug-likeness (QED) is 0.929. The standard InChI is InChI=1S/C14H16BrN3O2/c1-19-12-3-2-10(7-11(12)15)14-17-13(20-18-14)6-9-4-5-16-8-9/h2-3,7,9,16H,4-6,8H2,1H3. The number of nitrogens with zero attached hydrogens (tertiary/aromatic N) is 2. The Kier molecular flexibility index (Phi) is 4.03. The van der Waals surface area contributed by atoms with Gasteiger partial charge in [-0.15, -0.1) is 0 Å². The van der Waals surface area contributed by atoms with Crippen LogP contribution in [0.3, 0.4) is 0 Å². The summed E-state index contributed by atoms with van der Waals surface area (Å²) in [7, 11) is 1.64. The summed E-state index contributed by atoms with van der Waals surface area (Å²) in [5, 5.41) is 7.40. The van der Waals surface area contributed by atoms with Crippen molar-refractivity contribution in [3.05, 3.63) is 28.6 Å². The van der Waals surface area contributed by atoms with Crippen LogP contribution in [0.4, 0.5) is 0 Å². The van der Waals surface area contributed by atoms with E-state index in [9.17, 15) is 0 Å². The monoisotopic (exact) mass is 337 g/mol. The number of rotatable bonds is 4. The largest absolute Gasteiger partial charge is 0.496 e. The van der Waals surface area contributed by atoms with Crippen molar-refractivity contribution in [2.75, 3.05) is 20.2 Å². The predicted molar refractivity (Wildman–Crippen MR) is 78.7 cm³/mol. The van der Waals surface area contributed by atoms with E-state index in [1.807, 2.05) is 18.2 Å². The fourth-order valence-electron chi connectivity index (χ4n) is 2.40. The number of nitrogens with one attached hydrogen (secondary N) is 1. The van der Waals surface area contributed by atoms with Gasteiger partial charge in [-0.25, -0.2) is 0 Å². The lowest BCUT2D eigenvalue weighted by Gasteiger charge is -2.03. The van der Waals surface area contributed by atoms with Crippen LogP contribution in [-0.2, 0) is 6.42 Å². The van der Waals surface area contributed by atoms with Crippen molar-refractivity contribution >= 4 is 15.9 Å². The topological polar surface area (TPSA) is 60.2 Å². The molecule has 20 heavy (non-hydrogen) atoms. The van der Waals surface area contributed by atoms with Crippen LogP contribution in [-0.4, -0.2) is 30.3 Å². The van der Waals surface area contributed by atoms with Crippen molar-refractivity contribution < 1.29 is 9.26 Å². The number of methoxy groups -OCH3 is 1. The highest BCUT2D eigenvalue weighted by Gasteiger charge is 2.19. The highest BCUT2D eigenvalue weighted by molar-refractivity contribution is 9.10. The van der Waals surface area contributed by atoms with Gasteiger partial charge in [0.25, 0.3) is 0 Å². The van der Waals surface area contributed by atoms with Crippen LogP contribution in [0.15, 0.2) is 27.2 Å². The van der Waals surface area contributed by atoms with E-state index in [1.165, 1.54) is 6.42 Å². The van der Waals surface area contributed by atoms with E-state index in [1.54, 1.807) is 7.11 Å². The zero-order valence-corrected chi connectivity index (χ0v) is 12.8. The SMILES string of the molecule is COc1ccc(-c2noc(CC3CCNC3)n2)cc1Br. The summed E-state index contributed by atoms with van der Waals surface area (Å²) in [4.78, 5) is 4.47. The molecule has 0 spiro atoms. The van der Waals surface area contributed by atoms with Crippen molar-refractivity contribution in [1.29, 1.82) is 0 Å². The highest BCUT2D eigenvalue weighted by Crippen LogP contribution is 2.29. The Morgan fingerprint density at radius 3 is 3.10 bits per heavy atom. The fraction of sp³-hybridized carbons (Fsp3) is 0.429. The molecule has 0 radical (unpaired) electrons. The average Bonchev–Trinajstić information content (AvgIpc) is 3.11. The summed E-state index contributed by atoms with van der Waals surface area (Å²) < 4.78 is 11.4. The molecule has 1 unspecified atom stereocenters. The molecule has 1 N–H and O–H groups in total. The van der Waals surface area contributed by atoms with Crippen LogP contribution in [0.25, 0.3) is 11.4 Å². The Labute approximate surface area is 125 Å². The van der Waals surface area contributed by atoms with Gasteiger partial charge in [-0.05, 0) is 59.6 Å². The first-order chi connectivity index (χ1) is 9.76. The molecule has 3 rings (SSSR count). The minimum absolute atomic E-state index is 0.603. The lowest BCUT2D eigenvalue weighted by molar-refractivity contribution is 0.358. The van der Waals surface area contributed by atoms with Gasteiger partial charge < -0.3 is 14.6 Å². The number of hydrogen-bond donors (Lipinski definition) is 1. The van der Waals surface area contributed by atoms with Crippen molar-refractivity contribution in [2.45, 2.75) is 12.8 Å². The Morgan fingerprint density at radius 1 is 1.50 bits per heavy atom. The van der Waals surface area contributed by atoms with Crippen LogP contribution in [0, 0.1) is 5.92 Å². The molecular formula is C14H16BrN3O2. The third-order valence-electron chi connectivity index (χ3n) is 3.50. The van der Waals surface area contributed by atoms with Gasteiger partial charge in [0.1, 0.15) is 5.75 Å². The number of hydrogen-bond acceptors (Lipinski definition) is 5. The first-order valence-corrected chi connectivity index (χ1v) is 7.43. The van der Waals surface area contributed by atoms with Crippen molar-refractivity contribution in [1.82, 2.24) is 15.5 Å². The normalized spacial score (nSPS) is 18.4. The summed E-state index contributed by atoms with van der Waals surface area (Å²) in [5.41, 5.74) is 0.914. The molecular weight excluding hydrogens is 322 g/mol. The van der Waals surface area contributed by atoms with Gasteiger partial charge in [0.05, 0.1) is 11.6 Å². The van der Waals surface area contributed by atoms with Crippen LogP contribution >= 0.6 is 15.9 Å². The molecule has 0 aliphatic carbocycles. The molecule has 1 aliphatic rings. The fourth-order valence-corrected chi connectivity index (χ4v) is 2.94. The third kappa shape index (κ3) is 2.86. The second-order valence-corrected chi connectivity index (χ2v) is 5.78. The molecule has 1 aliphatic heterocycles. The van der Waals surface area contributed by atoms with Crippen molar-refractivity contribution in [3.63, 3.8) is 0 Å². The number of halogens is 1. The van der Waals surface area contributed by atoms with Gasteiger partial charge in [-0.1, -0.05) is 5.16 Å². The zero-order chi connectivity index (χ0) is 13.9. The van der Waals surface area contributed by atoms with Gasteiger partial charge in [-0.2, -0.15) is 4.98 Å². The Bertz CT molecular complexity index is 594. The molecule has 2 heterocycles. The molecule has 106 valence electrons. The van der Waals surface area contributed by atoms with E-state index in [-0.39, 0.29) is 0 Å². The van der Waals surface area contributed by atoms with E-state index in [2.05, 4.69) is 31.4 Å². The van der Waals surface area contributed by atoms with E-state index in [4.69, 9.17) is 9.26 Å². The minimum Gasteiger partial charge on any atom is -0.496 e. The van der Waals surface area contributed by atoms with Crippen LogP contribution in [0.5, 0.6) is 5.75 Å². The predicted octanol–water partition coefficient (Wildman–Crippen LogP) is 2.66. The van der Waals surface area contributed by atoms with E-state index in [0.29, 0.717) is 17.6 Å². The van der Waals surface area contributed by atoms with Crippen molar-refractivity contribution in [2.24, 2.45) is 5.92 Å². The van der Waals surface area contributed by atoms with E-state index in [0.717, 1.165) is 35.3 Å². The third-order valence-corrected chi connectivity index (χ3v) is 4.12. The van der Waals surface area contributed by atoms with Crippen LogP contribution in [0.2, 0.25) is 0 Å². The Morgan fingerprint density at radius 2 is 2.40 bits per heavy atom. The molecule has 1 aromatic carbocycles. The zero-order valence-electron chi connectivity index (χ0n) is 11.2. The van der Waals surface area contributed by atoms with Gasteiger partial charge in [-0.3, -0.25) is 0 Å². The molecule has 5 nitrogen and oxygen atoms in total.